The lowest BCUT2D eigenvalue weighted by Gasteiger charge is -1.98. The fraction of sp³-hybridized carbons (Fsp3) is 0.364. The van der Waals surface area contributed by atoms with Gasteiger partial charge >= 0.3 is 0 Å². The summed E-state index contributed by atoms with van der Waals surface area (Å²) < 4.78 is 2.11. The highest BCUT2D eigenvalue weighted by atomic mass is 15.0. The number of hydrogen-bond acceptors (Lipinski definition) is 2. The van der Waals surface area contributed by atoms with Gasteiger partial charge in [0.15, 0.2) is 0 Å². The van der Waals surface area contributed by atoms with Gasteiger partial charge in [-0.2, -0.15) is 0 Å². The zero-order chi connectivity index (χ0) is 10.1. The molecule has 2 heterocycles. The predicted molar refractivity (Wildman–Crippen MR) is 57.4 cm³/mol. The predicted octanol–water partition coefficient (Wildman–Crippen LogP) is 1.45. The third-order valence-corrected chi connectivity index (χ3v) is 2.43. The maximum atomic E-state index is 5.55. The molecule has 0 aliphatic carbocycles. The van der Waals surface area contributed by atoms with Crippen LogP contribution < -0.4 is 5.73 Å². The van der Waals surface area contributed by atoms with Crippen molar-refractivity contribution in [3.8, 4) is 0 Å². The molecule has 2 aromatic rings. The van der Waals surface area contributed by atoms with Gasteiger partial charge in [0.05, 0.1) is 11.2 Å². The first-order valence-electron chi connectivity index (χ1n) is 4.86. The van der Waals surface area contributed by atoms with Gasteiger partial charge in [-0.3, -0.25) is 0 Å². The van der Waals surface area contributed by atoms with E-state index in [0.29, 0.717) is 6.54 Å². The Morgan fingerprint density at radius 2 is 2.21 bits per heavy atom. The second kappa shape index (κ2) is 3.42. The van der Waals surface area contributed by atoms with E-state index in [0.717, 1.165) is 17.9 Å². The molecule has 0 radical (unpaired) electrons. The number of aromatic nitrogens is 2. The van der Waals surface area contributed by atoms with Gasteiger partial charge in [0.2, 0.25) is 0 Å². The number of imidazole rings is 1. The minimum atomic E-state index is 0.653. The highest BCUT2D eigenvalue weighted by Crippen LogP contribution is 2.14. The van der Waals surface area contributed by atoms with Crippen molar-refractivity contribution in [2.75, 3.05) is 6.54 Å². The molecule has 0 aromatic carbocycles. The molecule has 0 atom stereocenters. The summed E-state index contributed by atoms with van der Waals surface area (Å²) in [5.74, 6) is 1.03. The molecule has 0 saturated carbocycles. The van der Waals surface area contributed by atoms with Crippen molar-refractivity contribution in [1.82, 2.24) is 9.38 Å². The number of fused-ring (bicyclic) bond motifs is 1. The zero-order valence-electron chi connectivity index (χ0n) is 8.62. The second-order valence-electron chi connectivity index (χ2n) is 3.60. The van der Waals surface area contributed by atoms with Crippen LogP contribution in [0, 0.1) is 13.8 Å². The first kappa shape index (κ1) is 9.21. The number of aryl methyl sites for hydroxylation is 2. The topological polar surface area (TPSA) is 43.3 Å². The van der Waals surface area contributed by atoms with E-state index in [-0.39, 0.29) is 0 Å². The standard InChI is InChI=1S/C11H15N3/c1-8-4-6-14-9(2)13-10(3-5-12)11(14)7-8/h4,6-7H,3,5,12H2,1-2H3. The molecule has 0 aliphatic heterocycles. The number of hydrogen-bond donors (Lipinski definition) is 1. The molecule has 2 rings (SSSR count). The van der Waals surface area contributed by atoms with Crippen molar-refractivity contribution >= 4 is 5.52 Å². The van der Waals surface area contributed by atoms with Gasteiger partial charge in [-0.25, -0.2) is 4.98 Å². The first-order valence-corrected chi connectivity index (χ1v) is 4.86. The molecule has 0 amide bonds. The molecule has 2 N–H and O–H groups in total. The van der Waals surface area contributed by atoms with Crippen LogP contribution in [-0.2, 0) is 6.42 Å². The number of nitrogens with two attached hydrogens (primary N) is 1. The molecular weight excluding hydrogens is 174 g/mol. The summed E-state index contributed by atoms with van der Waals surface area (Å²) in [4.78, 5) is 4.50. The molecule has 3 nitrogen and oxygen atoms in total. The largest absolute Gasteiger partial charge is 0.330 e. The van der Waals surface area contributed by atoms with Crippen LogP contribution in [0.4, 0.5) is 0 Å². The molecule has 0 unspecified atom stereocenters. The van der Waals surface area contributed by atoms with Crippen molar-refractivity contribution in [1.29, 1.82) is 0 Å². The number of pyridine rings is 1. The second-order valence-corrected chi connectivity index (χ2v) is 3.60. The molecule has 14 heavy (non-hydrogen) atoms. The van der Waals surface area contributed by atoms with Crippen molar-refractivity contribution in [3.63, 3.8) is 0 Å². The van der Waals surface area contributed by atoms with Crippen molar-refractivity contribution < 1.29 is 0 Å². The lowest BCUT2D eigenvalue weighted by atomic mass is 10.2. The van der Waals surface area contributed by atoms with Crippen LogP contribution in [-0.4, -0.2) is 15.9 Å². The van der Waals surface area contributed by atoms with Crippen molar-refractivity contribution in [3.05, 3.63) is 35.4 Å². The molecular formula is C11H15N3. The Hall–Kier alpha value is -1.35. The van der Waals surface area contributed by atoms with E-state index in [1.165, 1.54) is 11.1 Å². The first-order chi connectivity index (χ1) is 6.72. The average molecular weight is 189 g/mol. The Labute approximate surface area is 83.6 Å². The third-order valence-electron chi connectivity index (χ3n) is 2.43. The van der Waals surface area contributed by atoms with Crippen LogP contribution in [0.5, 0.6) is 0 Å². The van der Waals surface area contributed by atoms with E-state index in [1.807, 2.05) is 6.92 Å². The van der Waals surface area contributed by atoms with E-state index in [2.05, 4.69) is 34.6 Å². The lowest BCUT2D eigenvalue weighted by molar-refractivity contribution is 0.933. The Morgan fingerprint density at radius 1 is 1.43 bits per heavy atom. The van der Waals surface area contributed by atoms with Gasteiger partial charge in [-0.05, 0) is 38.1 Å². The molecule has 0 bridgehead atoms. The van der Waals surface area contributed by atoms with Gasteiger partial charge in [0.1, 0.15) is 5.82 Å². The fourth-order valence-corrected chi connectivity index (χ4v) is 1.74. The quantitative estimate of drug-likeness (QED) is 0.777. The van der Waals surface area contributed by atoms with Crippen molar-refractivity contribution in [2.24, 2.45) is 5.73 Å². The summed E-state index contributed by atoms with van der Waals surface area (Å²) in [5.41, 5.74) is 9.10. The smallest absolute Gasteiger partial charge is 0.110 e. The van der Waals surface area contributed by atoms with Gasteiger partial charge in [-0.1, -0.05) is 0 Å². The van der Waals surface area contributed by atoms with Crippen LogP contribution in [0.25, 0.3) is 5.52 Å². The van der Waals surface area contributed by atoms with Gasteiger partial charge in [-0.15, -0.1) is 0 Å². The van der Waals surface area contributed by atoms with Gasteiger partial charge < -0.3 is 10.1 Å². The number of rotatable bonds is 2. The molecule has 2 aromatic heterocycles. The maximum Gasteiger partial charge on any atom is 0.110 e. The normalized spacial score (nSPS) is 11.1. The van der Waals surface area contributed by atoms with E-state index in [9.17, 15) is 0 Å². The molecule has 0 spiro atoms. The Kier molecular flexibility index (Phi) is 2.25. The molecule has 74 valence electrons. The van der Waals surface area contributed by atoms with E-state index < -0.39 is 0 Å². The van der Waals surface area contributed by atoms with Gasteiger partial charge in [0, 0.05) is 12.6 Å². The van der Waals surface area contributed by atoms with Crippen LogP contribution in [0.2, 0.25) is 0 Å². The van der Waals surface area contributed by atoms with Crippen LogP contribution >= 0.6 is 0 Å². The Bertz CT molecular complexity index is 457. The maximum absolute atomic E-state index is 5.55. The van der Waals surface area contributed by atoms with Crippen LogP contribution in [0.15, 0.2) is 18.3 Å². The zero-order valence-corrected chi connectivity index (χ0v) is 8.62. The third kappa shape index (κ3) is 1.40. The minimum Gasteiger partial charge on any atom is -0.330 e. The van der Waals surface area contributed by atoms with E-state index in [4.69, 9.17) is 5.73 Å². The lowest BCUT2D eigenvalue weighted by Crippen LogP contribution is -2.03. The van der Waals surface area contributed by atoms with E-state index >= 15 is 0 Å². The fourth-order valence-electron chi connectivity index (χ4n) is 1.74. The van der Waals surface area contributed by atoms with Gasteiger partial charge in [0.25, 0.3) is 0 Å². The summed E-state index contributed by atoms with van der Waals surface area (Å²) in [6.07, 6.45) is 2.91. The summed E-state index contributed by atoms with van der Waals surface area (Å²) in [6.45, 7) is 4.76. The summed E-state index contributed by atoms with van der Waals surface area (Å²) in [6, 6.07) is 4.25. The summed E-state index contributed by atoms with van der Waals surface area (Å²) in [7, 11) is 0. The summed E-state index contributed by atoms with van der Waals surface area (Å²) in [5, 5.41) is 0. The molecule has 0 saturated heterocycles. The molecule has 0 aliphatic rings. The van der Waals surface area contributed by atoms with Crippen molar-refractivity contribution in [2.45, 2.75) is 20.3 Å². The number of nitrogens with zero attached hydrogens (tertiary/aromatic N) is 2. The summed E-state index contributed by atoms with van der Waals surface area (Å²) >= 11 is 0. The highest BCUT2D eigenvalue weighted by molar-refractivity contribution is 5.55. The molecule has 0 fully saturated rings. The average Bonchev–Trinajstić information content (AvgIpc) is 2.44. The minimum absolute atomic E-state index is 0.653. The monoisotopic (exact) mass is 189 g/mol. The Morgan fingerprint density at radius 3 is 2.93 bits per heavy atom. The highest BCUT2D eigenvalue weighted by Gasteiger charge is 2.06. The molecule has 3 heteroatoms. The van der Waals surface area contributed by atoms with E-state index in [1.54, 1.807) is 0 Å². The van der Waals surface area contributed by atoms with Crippen LogP contribution in [0.3, 0.4) is 0 Å². The van der Waals surface area contributed by atoms with Crippen LogP contribution in [0.1, 0.15) is 17.1 Å². The Balaban J connectivity index is 2.66. The SMILES string of the molecule is Cc1ccn2c(C)nc(CCN)c2c1.